The van der Waals surface area contributed by atoms with Crippen molar-refractivity contribution >= 4 is 11.9 Å². The van der Waals surface area contributed by atoms with Gasteiger partial charge in [-0.05, 0) is 45.6 Å². The Hall–Kier alpha value is -1.14. The fraction of sp³-hybridized carbons (Fsp3) is 0.889. The lowest BCUT2D eigenvalue weighted by Crippen LogP contribution is -2.46. The second-order valence-corrected chi connectivity index (χ2v) is 8.43. The quantitative estimate of drug-likeness (QED) is 0.625. The summed E-state index contributed by atoms with van der Waals surface area (Å²) in [5.74, 6) is -0.260. The van der Waals surface area contributed by atoms with Crippen LogP contribution in [0.5, 0.6) is 0 Å². The van der Waals surface area contributed by atoms with Gasteiger partial charge in [-0.1, -0.05) is 6.92 Å². The number of rotatable bonds is 0. The molecule has 4 heterocycles. The maximum absolute atomic E-state index is 12.7. The van der Waals surface area contributed by atoms with Gasteiger partial charge in [-0.2, -0.15) is 0 Å². The van der Waals surface area contributed by atoms with E-state index in [1.165, 1.54) is 0 Å². The highest BCUT2D eigenvalue weighted by Crippen LogP contribution is 2.46. The van der Waals surface area contributed by atoms with E-state index in [1.54, 1.807) is 6.92 Å². The molecule has 4 saturated heterocycles. The van der Waals surface area contributed by atoms with Gasteiger partial charge in [0.1, 0.15) is 6.10 Å². The van der Waals surface area contributed by atoms with E-state index in [9.17, 15) is 9.59 Å². The van der Waals surface area contributed by atoms with E-state index >= 15 is 0 Å². The van der Waals surface area contributed by atoms with Crippen molar-refractivity contribution in [3.05, 3.63) is 0 Å². The van der Waals surface area contributed by atoms with Gasteiger partial charge in [0.15, 0.2) is 5.60 Å². The van der Waals surface area contributed by atoms with Crippen molar-refractivity contribution in [3.63, 3.8) is 0 Å². The van der Waals surface area contributed by atoms with Crippen LogP contribution in [0, 0.1) is 11.8 Å². The number of carbonyl (C=O) groups excluding carboxylic acids is 2. The lowest BCUT2D eigenvalue weighted by molar-refractivity contribution is -0.187. The summed E-state index contributed by atoms with van der Waals surface area (Å²) in [5.41, 5.74) is -1.65. The highest BCUT2D eigenvalue weighted by molar-refractivity contribution is 5.80. The van der Waals surface area contributed by atoms with Crippen molar-refractivity contribution in [2.75, 3.05) is 19.7 Å². The van der Waals surface area contributed by atoms with Gasteiger partial charge in [0.2, 0.25) is 0 Å². The Morgan fingerprint density at radius 2 is 1.92 bits per heavy atom. The van der Waals surface area contributed by atoms with Gasteiger partial charge < -0.3 is 14.2 Å². The molecule has 0 aromatic carbocycles. The van der Waals surface area contributed by atoms with Gasteiger partial charge in [0, 0.05) is 12.5 Å². The van der Waals surface area contributed by atoms with Crippen LogP contribution in [-0.4, -0.2) is 59.9 Å². The molecule has 24 heavy (non-hydrogen) atoms. The molecule has 0 amide bonds. The predicted octanol–water partition coefficient (Wildman–Crippen LogP) is 1.51. The molecule has 0 aromatic heterocycles. The average Bonchev–Trinajstić information content (AvgIpc) is 3.11. The van der Waals surface area contributed by atoms with Gasteiger partial charge in [0.05, 0.1) is 24.7 Å². The van der Waals surface area contributed by atoms with Gasteiger partial charge in [-0.3, -0.25) is 9.69 Å². The molecule has 2 bridgehead atoms. The molecule has 6 atom stereocenters. The van der Waals surface area contributed by atoms with Crippen molar-refractivity contribution < 1.29 is 23.8 Å². The van der Waals surface area contributed by atoms with E-state index in [2.05, 4.69) is 4.90 Å². The van der Waals surface area contributed by atoms with Crippen LogP contribution in [0.3, 0.4) is 0 Å². The molecule has 4 aliphatic rings. The van der Waals surface area contributed by atoms with Gasteiger partial charge >= 0.3 is 11.9 Å². The molecular weight excluding hydrogens is 310 g/mol. The molecule has 4 fully saturated rings. The highest BCUT2D eigenvalue weighted by Gasteiger charge is 2.56. The Balaban J connectivity index is 1.63. The largest absolute Gasteiger partial charge is 0.463 e. The lowest BCUT2D eigenvalue weighted by Gasteiger charge is -2.32. The minimum atomic E-state index is -0.985. The fourth-order valence-corrected chi connectivity index (χ4v) is 5.21. The molecule has 6 unspecified atom stereocenters. The maximum Gasteiger partial charge on any atom is 0.338 e. The Morgan fingerprint density at radius 1 is 1.17 bits per heavy atom. The minimum Gasteiger partial charge on any atom is -0.463 e. The molecule has 6 heteroatoms. The summed E-state index contributed by atoms with van der Waals surface area (Å²) in [6.45, 7) is 8.01. The van der Waals surface area contributed by atoms with Crippen LogP contribution in [0.15, 0.2) is 0 Å². The Kier molecular flexibility index (Phi) is 3.69. The minimum absolute atomic E-state index is 0.00290. The van der Waals surface area contributed by atoms with Crippen molar-refractivity contribution in [1.82, 2.24) is 4.90 Å². The predicted molar refractivity (Wildman–Crippen MR) is 85.2 cm³/mol. The third kappa shape index (κ3) is 2.46. The van der Waals surface area contributed by atoms with E-state index in [-0.39, 0.29) is 42.3 Å². The third-order valence-corrected chi connectivity index (χ3v) is 6.55. The van der Waals surface area contributed by atoms with Crippen molar-refractivity contribution in [3.8, 4) is 0 Å². The molecule has 6 nitrogen and oxygen atoms in total. The van der Waals surface area contributed by atoms with Crippen molar-refractivity contribution in [2.45, 2.75) is 69.8 Å². The molecule has 0 N–H and O–H groups in total. The summed E-state index contributed by atoms with van der Waals surface area (Å²) in [6.07, 6.45) is 2.60. The van der Waals surface area contributed by atoms with Crippen molar-refractivity contribution in [1.29, 1.82) is 0 Å². The van der Waals surface area contributed by atoms with Crippen LogP contribution in [0.4, 0.5) is 0 Å². The summed E-state index contributed by atoms with van der Waals surface area (Å²) in [4.78, 5) is 27.6. The number of hydrogen-bond acceptors (Lipinski definition) is 6. The zero-order valence-corrected chi connectivity index (χ0v) is 14.7. The smallest absolute Gasteiger partial charge is 0.338 e. The highest BCUT2D eigenvalue weighted by atomic mass is 16.6. The monoisotopic (exact) mass is 337 g/mol. The first-order valence-corrected chi connectivity index (χ1v) is 9.12. The standard InChI is InChI=1S/C18H27NO5/c1-11-8-17(2)9-14(20)23-13-5-7-19-6-4-12(15(13)19)10-22-16(21)18(11,3)24-17/h11-13,15H,4-10H2,1-3H3. The molecule has 4 aliphatic heterocycles. The Morgan fingerprint density at radius 3 is 2.71 bits per heavy atom. The molecule has 0 saturated carbocycles. The summed E-state index contributed by atoms with van der Waals surface area (Å²) in [6, 6.07) is 0.192. The summed E-state index contributed by atoms with van der Waals surface area (Å²) >= 11 is 0. The van der Waals surface area contributed by atoms with Crippen LogP contribution < -0.4 is 0 Å². The van der Waals surface area contributed by atoms with E-state index in [0.29, 0.717) is 13.0 Å². The maximum atomic E-state index is 12.7. The van der Waals surface area contributed by atoms with E-state index in [4.69, 9.17) is 14.2 Å². The average molecular weight is 337 g/mol. The van der Waals surface area contributed by atoms with Crippen LogP contribution in [-0.2, 0) is 23.8 Å². The Labute approximate surface area is 142 Å². The van der Waals surface area contributed by atoms with E-state index in [1.807, 2.05) is 13.8 Å². The van der Waals surface area contributed by atoms with E-state index < -0.39 is 11.2 Å². The second kappa shape index (κ2) is 5.43. The summed E-state index contributed by atoms with van der Waals surface area (Å²) in [5, 5.41) is 0. The van der Waals surface area contributed by atoms with Crippen LogP contribution >= 0.6 is 0 Å². The number of nitrogens with zero attached hydrogens (tertiary/aromatic N) is 1. The number of fused-ring (bicyclic) bond motifs is 2. The normalized spacial score (nSPS) is 49.1. The molecule has 0 aromatic rings. The Bertz CT molecular complexity index is 566. The molecule has 0 spiro atoms. The lowest BCUT2D eigenvalue weighted by atomic mass is 9.86. The first-order valence-electron chi connectivity index (χ1n) is 9.12. The molecule has 0 aliphatic carbocycles. The van der Waals surface area contributed by atoms with Crippen LogP contribution in [0.2, 0.25) is 0 Å². The number of carbonyl (C=O) groups is 2. The summed E-state index contributed by atoms with van der Waals surface area (Å²) < 4.78 is 17.6. The molecule has 4 rings (SSSR count). The number of cyclic esters (lactones) is 1. The van der Waals surface area contributed by atoms with Gasteiger partial charge in [-0.25, -0.2) is 4.79 Å². The first kappa shape index (κ1) is 16.3. The van der Waals surface area contributed by atoms with Crippen LogP contribution in [0.1, 0.15) is 46.5 Å². The zero-order valence-electron chi connectivity index (χ0n) is 14.7. The number of esters is 2. The second-order valence-electron chi connectivity index (χ2n) is 8.43. The van der Waals surface area contributed by atoms with E-state index in [0.717, 1.165) is 25.9 Å². The topological polar surface area (TPSA) is 65.1 Å². The number of ether oxygens (including phenoxy) is 3. The third-order valence-electron chi connectivity index (χ3n) is 6.55. The first-order chi connectivity index (χ1) is 11.3. The summed E-state index contributed by atoms with van der Waals surface area (Å²) in [7, 11) is 0. The van der Waals surface area contributed by atoms with Gasteiger partial charge in [-0.15, -0.1) is 0 Å². The SMILES string of the molecule is CC1CC2(C)CC(=O)OC3CCN4CCC(COC(=O)C1(C)O2)C34. The fourth-order valence-electron chi connectivity index (χ4n) is 5.21. The molecular formula is C18H27NO5. The molecule has 134 valence electrons. The zero-order chi connectivity index (χ0) is 17.1. The molecule has 0 radical (unpaired) electrons. The number of hydrogen-bond donors (Lipinski definition) is 0. The van der Waals surface area contributed by atoms with Crippen molar-refractivity contribution in [2.24, 2.45) is 11.8 Å². The van der Waals surface area contributed by atoms with Crippen LogP contribution in [0.25, 0.3) is 0 Å². The van der Waals surface area contributed by atoms with Gasteiger partial charge in [0.25, 0.3) is 0 Å².